The van der Waals surface area contributed by atoms with Gasteiger partial charge in [-0.15, -0.1) is 0 Å². The first-order valence-electron chi connectivity index (χ1n) is 6.87. The average molecular weight is 324 g/mol. The van der Waals surface area contributed by atoms with Crippen molar-refractivity contribution in [3.8, 4) is 5.75 Å². The number of halogens is 2. The molecule has 0 radical (unpaired) electrons. The van der Waals surface area contributed by atoms with Crippen molar-refractivity contribution in [2.45, 2.75) is 25.9 Å². The predicted octanol–water partition coefficient (Wildman–Crippen LogP) is 5.41. The fourth-order valence-electron chi connectivity index (χ4n) is 2.37. The van der Waals surface area contributed by atoms with Gasteiger partial charge in [-0.1, -0.05) is 47.5 Å². The Morgan fingerprint density at radius 2 is 1.67 bits per heavy atom. The Labute approximate surface area is 136 Å². The Morgan fingerprint density at radius 1 is 0.952 bits per heavy atom. The molecule has 0 aromatic heterocycles. The lowest BCUT2D eigenvalue weighted by atomic mass is 10.0. The molecule has 2 aromatic carbocycles. The van der Waals surface area contributed by atoms with Crippen molar-refractivity contribution in [3.05, 3.63) is 63.6 Å². The third-order valence-corrected chi connectivity index (χ3v) is 4.29. The molecule has 2 nitrogen and oxygen atoms in total. The van der Waals surface area contributed by atoms with Crippen LogP contribution in [0.25, 0.3) is 0 Å². The van der Waals surface area contributed by atoms with Gasteiger partial charge in [0.25, 0.3) is 0 Å². The Bertz CT molecular complexity index is 615. The molecule has 0 fully saturated rings. The van der Waals surface area contributed by atoms with E-state index >= 15 is 0 Å². The van der Waals surface area contributed by atoms with E-state index in [1.807, 2.05) is 36.4 Å². The molecule has 1 unspecified atom stereocenters. The largest absolute Gasteiger partial charge is 0.496 e. The van der Waals surface area contributed by atoms with E-state index in [2.05, 4.69) is 25.2 Å². The van der Waals surface area contributed by atoms with Crippen molar-refractivity contribution < 1.29 is 4.74 Å². The second kappa shape index (κ2) is 7.17. The quantitative estimate of drug-likeness (QED) is 0.793. The van der Waals surface area contributed by atoms with Gasteiger partial charge in [-0.3, -0.25) is 0 Å². The van der Waals surface area contributed by atoms with E-state index in [1.54, 1.807) is 7.11 Å². The molecule has 0 aliphatic rings. The van der Waals surface area contributed by atoms with Crippen molar-refractivity contribution >= 4 is 23.2 Å². The first kappa shape index (κ1) is 16.2. The highest BCUT2D eigenvalue weighted by molar-refractivity contribution is 6.42. The fourth-order valence-corrected chi connectivity index (χ4v) is 2.67. The summed E-state index contributed by atoms with van der Waals surface area (Å²) >= 11 is 12.0. The van der Waals surface area contributed by atoms with Crippen LogP contribution in [-0.2, 0) is 0 Å². The summed E-state index contributed by atoms with van der Waals surface area (Å²) in [7, 11) is 1.69. The second-order valence-electron chi connectivity index (χ2n) is 5.03. The lowest BCUT2D eigenvalue weighted by molar-refractivity contribution is 0.396. The summed E-state index contributed by atoms with van der Waals surface area (Å²) in [4.78, 5) is 0. The van der Waals surface area contributed by atoms with E-state index in [0.29, 0.717) is 10.0 Å². The summed E-state index contributed by atoms with van der Waals surface area (Å²) in [5.41, 5.74) is 2.23. The van der Waals surface area contributed by atoms with Crippen molar-refractivity contribution in [2.75, 3.05) is 7.11 Å². The molecule has 0 aliphatic carbocycles. The minimum Gasteiger partial charge on any atom is -0.496 e. The first-order chi connectivity index (χ1) is 10.0. The lowest BCUT2D eigenvalue weighted by Crippen LogP contribution is -2.22. The maximum atomic E-state index is 6.08. The zero-order valence-corrected chi connectivity index (χ0v) is 13.9. The minimum atomic E-state index is 0.152. The van der Waals surface area contributed by atoms with E-state index < -0.39 is 0 Å². The topological polar surface area (TPSA) is 21.3 Å². The summed E-state index contributed by atoms with van der Waals surface area (Å²) in [6.07, 6.45) is 0. The highest BCUT2D eigenvalue weighted by Gasteiger charge is 2.15. The van der Waals surface area contributed by atoms with Crippen molar-refractivity contribution in [3.63, 3.8) is 0 Å². The molecule has 0 heterocycles. The van der Waals surface area contributed by atoms with Gasteiger partial charge >= 0.3 is 0 Å². The molecule has 21 heavy (non-hydrogen) atoms. The van der Waals surface area contributed by atoms with E-state index in [1.165, 1.54) is 0 Å². The van der Waals surface area contributed by atoms with Crippen LogP contribution in [0.4, 0.5) is 0 Å². The number of methoxy groups -OCH3 is 1. The Morgan fingerprint density at radius 3 is 2.33 bits per heavy atom. The Balaban J connectivity index is 2.14. The second-order valence-corrected chi connectivity index (χ2v) is 5.84. The molecular weight excluding hydrogens is 305 g/mol. The van der Waals surface area contributed by atoms with E-state index in [4.69, 9.17) is 27.9 Å². The molecule has 0 amide bonds. The maximum Gasteiger partial charge on any atom is 0.123 e. The Kier molecular flexibility index (Phi) is 5.51. The third-order valence-electron chi connectivity index (χ3n) is 3.55. The predicted molar refractivity (Wildman–Crippen MR) is 89.4 cm³/mol. The first-order valence-corrected chi connectivity index (χ1v) is 7.62. The number of ether oxygens (including phenoxy) is 1. The third kappa shape index (κ3) is 3.91. The lowest BCUT2D eigenvalue weighted by Gasteiger charge is -2.22. The smallest absolute Gasteiger partial charge is 0.123 e. The minimum absolute atomic E-state index is 0.152. The molecule has 112 valence electrons. The molecule has 0 spiro atoms. The van der Waals surface area contributed by atoms with Crippen LogP contribution in [0.2, 0.25) is 10.0 Å². The van der Waals surface area contributed by atoms with Crippen LogP contribution in [0.3, 0.4) is 0 Å². The SMILES string of the molecule is COc1ccccc1[C@@H](C)NC(C)c1ccc(Cl)c(Cl)c1. The molecule has 2 aromatic rings. The number of rotatable bonds is 5. The molecule has 0 bridgehead atoms. The van der Waals surface area contributed by atoms with Gasteiger partial charge in [0.15, 0.2) is 0 Å². The fraction of sp³-hybridized carbons (Fsp3) is 0.294. The summed E-state index contributed by atoms with van der Waals surface area (Å²) in [6.45, 7) is 4.22. The van der Waals surface area contributed by atoms with Crippen LogP contribution in [0.15, 0.2) is 42.5 Å². The van der Waals surface area contributed by atoms with E-state index in [0.717, 1.165) is 16.9 Å². The number of para-hydroxylation sites is 1. The van der Waals surface area contributed by atoms with Crippen LogP contribution < -0.4 is 10.1 Å². The van der Waals surface area contributed by atoms with E-state index in [9.17, 15) is 0 Å². The molecule has 1 N–H and O–H groups in total. The molecule has 2 atom stereocenters. The molecular formula is C17H19Cl2NO. The highest BCUT2D eigenvalue weighted by atomic mass is 35.5. The van der Waals surface area contributed by atoms with Gasteiger partial charge in [0.2, 0.25) is 0 Å². The molecule has 0 aliphatic heterocycles. The van der Waals surface area contributed by atoms with Crippen LogP contribution in [0, 0.1) is 0 Å². The molecule has 4 heteroatoms. The van der Waals surface area contributed by atoms with E-state index in [-0.39, 0.29) is 12.1 Å². The summed E-state index contributed by atoms with van der Waals surface area (Å²) in [5, 5.41) is 4.70. The maximum absolute atomic E-state index is 6.08. The standard InChI is InChI=1S/C17H19Cl2NO/c1-11(13-8-9-15(18)16(19)10-13)20-12(2)14-6-4-5-7-17(14)21-3/h4-12,20H,1-3H3/t11?,12-/m1/s1. The number of hydrogen-bond donors (Lipinski definition) is 1. The number of benzene rings is 2. The zero-order chi connectivity index (χ0) is 15.4. The van der Waals surface area contributed by atoms with Gasteiger partial charge in [-0.2, -0.15) is 0 Å². The summed E-state index contributed by atoms with van der Waals surface area (Å²) in [5.74, 6) is 0.888. The van der Waals surface area contributed by atoms with Crippen molar-refractivity contribution in [1.29, 1.82) is 0 Å². The molecule has 0 saturated heterocycles. The van der Waals surface area contributed by atoms with Crippen molar-refractivity contribution in [1.82, 2.24) is 5.32 Å². The van der Waals surface area contributed by atoms with Crippen LogP contribution in [0.1, 0.15) is 37.1 Å². The highest BCUT2D eigenvalue weighted by Crippen LogP contribution is 2.29. The number of hydrogen-bond acceptors (Lipinski definition) is 2. The monoisotopic (exact) mass is 323 g/mol. The van der Waals surface area contributed by atoms with Crippen LogP contribution in [0.5, 0.6) is 5.75 Å². The molecule has 0 saturated carbocycles. The van der Waals surface area contributed by atoms with Gasteiger partial charge in [-0.25, -0.2) is 0 Å². The van der Waals surface area contributed by atoms with Gasteiger partial charge in [-0.05, 0) is 37.6 Å². The number of nitrogens with one attached hydrogen (secondary N) is 1. The van der Waals surface area contributed by atoms with Gasteiger partial charge in [0.1, 0.15) is 5.75 Å². The summed E-state index contributed by atoms with van der Waals surface area (Å²) in [6, 6.07) is 14.0. The van der Waals surface area contributed by atoms with Crippen LogP contribution in [-0.4, -0.2) is 7.11 Å². The van der Waals surface area contributed by atoms with Gasteiger partial charge in [0, 0.05) is 17.6 Å². The van der Waals surface area contributed by atoms with Crippen LogP contribution >= 0.6 is 23.2 Å². The average Bonchev–Trinajstić information content (AvgIpc) is 2.49. The zero-order valence-electron chi connectivity index (χ0n) is 12.4. The molecule has 2 rings (SSSR count). The van der Waals surface area contributed by atoms with Gasteiger partial charge < -0.3 is 10.1 Å². The summed E-state index contributed by atoms with van der Waals surface area (Å²) < 4.78 is 5.41. The van der Waals surface area contributed by atoms with Crippen molar-refractivity contribution in [2.24, 2.45) is 0 Å². The normalized spacial score (nSPS) is 13.8. The van der Waals surface area contributed by atoms with Gasteiger partial charge in [0.05, 0.1) is 17.2 Å². The Hall–Kier alpha value is -1.22.